The van der Waals surface area contributed by atoms with Gasteiger partial charge in [-0.1, -0.05) is 63.2 Å². The molecule has 0 aliphatic rings. The number of aliphatic carboxylic acids is 1. The summed E-state index contributed by atoms with van der Waals surface area (Å²) in [6, 6.07) is 25.0. The molecule has 4 heterocycles. The zero-order valence-corrected chi connectivity index (χ0v) is 27.9. The van der Waals surface area contributed by atoms with E-state index in [1.54, 1.807) is 37.9 Å². The van der Waals surface area contributed by atoms with Gasteiger partial charge in [-0.2, -0.15) is 0 Å². The Morgan fingerprint density at radius 3 is 2.49 bits per heavy atom. The van der Waals surface area contributed by atoms with Crippen LogP contribution in [0.3, 0.4) is 0 Å². The lowest BCUT2D eigenvalue weighted by Gasteiger charge is -2.24. The van der Waals surface area contributed by atoms with Crippen LogP contribution in [-0.4, -0.2) is 35.3 Å². The topological polar surface area (TPSA) is 90.1 Å². The van der Waals surface area contributed by atoms with E-state index >= 15 is 0 Å². The number of nitrogens with zero attached hydrogens (tertiary/aromatic N) is 4. The molecule has 0 radical (unpaired) electrons. The zero-order chi connectivity index (χ0) is 33.3. The van der Waals surface area contributed by atoms with Crippen molar-refractivity contribution in [1.82, 2.24) is 19.5 Å². The number of aromatic nitrogens is 4. The quantitative estimate of drug-likeness (QED) is 0.148. The van der Waals surface area contributed by atoms with E-state index in [2.05, 4.69) is 30.3 Å². The Hall–Kier alpha value is -4.76. The molecule has 9 heteroatoms. The van der Waals surface area contributed by atoms with Gasteiger partial charge in [-0.3, -0.25) is 9.78 Å². The molecule has 0 unspecified atom stereocenters. The normalized spacial score (nSPS) is 12.1. The highest BCUT2D eigenvalue weighted by Crippen LogP contribution is 2.43. The minimum absolute atomic E-state index is 0.165. The predicted molar refractivity (Wildman–Crippen MR) is 185 cm³/mol. The summed E-state index contributed by atoms with van der Waals surface area (Å²) in [7, 11) is 0. The molecule has 240 valence electrons. The van der Waals surface area contributed by atoms with Gasteiger partial charge in [0.05, 0.1) is 34.7 Å². The minimum Gasteiger partial charge on any atom is -0.486 e. The molecule has 0 spiro atoms. The van der Waals surface area contributed by atoms with Crippen LogP contribution >= 0.6 is 11.8 Å². The number of carboxylic acids is 1. The minimum atomic E-state index is -1.03. The summed E-state index contributed by atoms with van der Waals surface area (Å²) >= 11 is 1.70. The number of rotatable bonds is 10. The molecular formula is C38H37FN4O3S. The van der Waals surface area contributed by atoms with Crippen LogP contribution in [0.5, 0.6) is 5.75 Å². The first-order valence-corrected chi connectivity index (χ1v) is 16.3. The van der Waals surface area contributed by atoms with Gasteiger partial charge in [0.1, 0.15) is 23.8 Å². The Bertz CT molecular complexity index is 2080. The van der Waals surface area contributed by atoms with E-state index in [1.165, 1.54) is 12.3 Å². The largest absolute Gasteiger partial charge is 0.486 e. The number of pyridine rings is 3. The molecule has 0 atom stereocenters. The molecule has 0 saturated heterocycles. The molecule has 7 nitrogen and oxygen atoms in total. The third kappa shape index (κ3) is 7.30. The SMILES string of the molecule is CC(C)(C)Sc1c(CC(C)(C)C(=O)O)n(Cc2cccc(-c3ccc(F)cn3)c2)c2ncc(OCc3ccc4ccccc4n3)cc12. The van der Waals surface area contributed by atoms with Crippen LogP contribution in [0.4, 0.5) is 4.39 Å². The Morgan fingerprint density at radius 2 is 1.74 bits per heavy atom. The molecule has 0 aliphatic heterocycles. The highest BCUT2D eigenvalue weighted by molar-refractivity contribution is 8.00. The average Bonchev–Trinajstić information content (AvgIpc) is 3.29. The molecule has 0 fully saturated rings. The molecule has 1 N–H and O–H groups in total. The lowest BCUT2D eigenvalue weighted by atomic mass is 9.88. The van der Waals surface area contributed by atoms with E-state index in [4.69, 9.17) is 14.7 Å². The first-order valence-electron chi connectivity index (χ1n) is 15.5. The number of hydrogen-bond acceptors (Lipinski definition) is 6. The summed E-state index contributed by atoms with van der Waals surface area (Å²) in [5.74, 6) is -0.653. The monoisotopic (exact) mass is 648 g/mol. The molecule has 0 amide bonds. The lowest BCUT2D eigenvalue weighted by molar-refractivity contribution is -0.146. The molecule has 6 aromatic rings. The van der Waals surface area contributed by atoms with Gasteiger partial charge in [-0.05, 0) is 55.8 Å². The van der Waals surface area contributed by atoms with E-state index in [0.29, 0.717) is 24.4 Å². The summed E-state index contributed by atoms with van der Waals surface area (Å²) < 4.78 is 21.8. The highest BCUT2D eigenvalue weighted by Gasteiger charge is 2.33. The van der Waals surface area contributed by atoms with Crippen molar-refractivity contribution in [3.63, 3.8) is 0 Å². The van der Waals surface area contributed by atoms with Gasteiger partial charge < -0.3 is 14.4 Å². The first kappa shape index (κ1) is 32.2. The van der Waals surface area contributed by atoms with Crippen LogP contribution < -0.4 is 4.74 Å². The fraction of sp³-hybridized carbons (Fsp3) is 0.263. The molecule has 0 aliphatic carbocycles. The fourth-order valence-corrected chi connectivity index (χ4v) is 6.64. The van der Waals surface area contributed by atoms with Crippen molar-refractivity contribution in [2.45, 2.75) is 63.8 Å². The number of carboxylic acid groups (broad SMARTS) is 1. The molecule has 4 aromatic heterocycles. The van der Waals surface area contributed by atoms with E-state index in [9.17, 15) is 14.3 Å². The van der Waals surface area contributed by atoms with Crippen molar-refractivity contribution in [2.24, 2.45) is 5.41 Å². The van der Waals surface area contributed by atoms with Gasteiger partial charge in [-0.15, -0.1) is 11.8 Å². The summed E-state index contributed by atoms with van der Waals surface area (Å²) in [5, 5.41) is 12.1. The van der Waals surface area contributed by atoms with Crippen molar-refractivity contribution in [3.8, 4) is 17.0 Å². The summed E-state index contributed by atoms with van der Waals surface area (Å²) in [5.41, 5.74) is 4.85. The molecule has 0 saturated carbocycles. The average molecular weight is 649 g/mol. The van der Waals surface area contributed by atoms with Crippen molar-refractivity contribution >= 4 is 39.7 Å². The number of hydrogen-bond donors (Lipinski definition) is 1. The van der Waals surface area contributed by atoms with Crippen LogP contribution in [0.25, 0.3) is 33.2 Å². The van der Waals surface area contributed by atoms with Gasteiger partial charge in [0.15, 0.2) is 0 Å². The third-order valence-corrected chi connectivity index (χ3v) is 9.13. The van der Waals surface area contributed by atoms with Crippen LogP contribution in [0.2, 0.25) is 0 Å². The fourth-order valence-electron chi connectivity index (χ4n) is 5.47. The van der Waals surface area contributed by atoms with Crippen molar-refractivity contribution < 1.29 is 19.0 Å². The zero-order valence-electron chi connectivity index (χ0n) is 27.1. The van der Waals surface area contributed by atoms with E-state index in [1.807, 2.05) is 66.7 Å². The Kier molecular flexibility index (Phi) is 8.76. The number of ether oxygens (including phenoxy) is 1. The Morgan fingerprint density at radius 1 is 0.936 bits per heavy atom. The predicted octanol–water partition coefficient (Wildman–Crippen LogP) is 8.96. The third-order valence-electron chi connectivity index (χ3n) is 7.86. The van der Waals surface area contributed by atoms with Crippen LogP contribution in [-0.2, 0) is 24.4 Å². The molecule has 6 rings (SSSR count). The standard InChI is InChI=1S/C38H37FN4O3S/c1-37(2,3)47-34-30-18-29(46-23-28-15-13-25-10-6-7-12-32(25)42-28)21-41-35(30)43(33(34)19-38(4,5)36(44)45)22-24-9-8-11-26(17-24)31-16-14-27(39)20-40-31/h6-18,20-21H,19,22-23H2,1-5H3,(H,44,45). The maximum absolute atomic E-state index is 13.6. The summed E-state index contributed by atoms with van der Waals surface area (Å²) in [6.45, 7) is 10.7. The van der Waals surface area contributed by atoms with Gasteiger partial charge >= 0.3 is 5.97 Å². The maximum atomic E-state index is 13.6. The van der Waals surface area contributed by atoms with Gasteiger partial charge in [0.2, 0.25) is 0 Å². The number of carbonyl (C=O) groups is 1. The van der Waals surface area contributed by atoms with E-state index in [-0.39, 0.29) is 17.2 Å². The first-order chi connectivity index (χ1) is 22.4. The number of thioether (sulfide) groups is 1. The highest BCUT2D eigenvalue weighted by atomic mass is 32.2. The second-order valence-electron chi connectivity index (χ2n) is 13.3. The van der Waals surface area contributed by atoms with Crippen molar-refractivity contribution in [1.29, 1.82) is 0 Å². The molecular weight excluding hydrogens is 612 g/mol. The second kappa shape index (κ2) is 12.8. The number of benzene rings is 2. The number of fused-ring (bicyclic) bond motifs is 2. The summed E-state index contributed by atoms with van der Waals surface area (Å²) in [6.07, 6.45) is 3.23. The van der Waals surface area contributed by atoms with Gasteiger partial charge in [0, 0.05) is 44.6 Å². The summed E-state index contributed by atoms with van der Waals surface area (Å²) in [4.78, 5) is 27.3. The number of halogens is 1. The smallest absolute Gasteiger partial charge is 0.309 e. The second-order valence-corrected chi connectivity index (χ2v) is 15.2. The molecule has 2 aromatic carbocycles. The molecule has 0 bridgehead atoms. The maximum Gasteiger partial charge on any atom is 0.309 e. The van der Waals surface area contributed by atoms with E-state index < -0.39 is 11.4 Å². The van der Waals surface area contributed by atoms with Crippen LogP contribution in [0.15, 0.2) is 96.2 Å². The number of para-hydroxylation sites is 1. The van der Waals surface area contributed by atoms with Crippen molar-refractivity contribution in [2.75, 3.05) is 0 Å². The van der Waals surface area contributed by atoms with Crippen molar-refractivity contribution in [3.05, 3.63) is 114 Å². The van der Waals surface area contributed by atoms with Crippen LogP contribution in [0.1, 0.15) is 51.6 Å². The Labute approximate surface area is 277 Å². The Balaban J connectivity index is 1.43. The van der Waals surface area contributed by atoms with Gasteiger partial charge in [-0.25, -0.2) is 14.4 Å². The van der Waals surface area contributed by atoms with E-state index in [0.717, 1.165) is 49.3 Å². The molecule has 47 heavy (non-hydrogen) atoms. The lowest BCUT2D eigenvalue weighted by Crippen LogP contribution is -2.28. The van der Waals surface area contributed by atoms with Gasteiger partial charge in [0.25, 0.3) is 0 Å². The van der Waals surface area contributed by atoms with Crippen LogP contribution in [0, 0.1) is 11.2 Å².